The third kappa shape index (κ3) is 3.48. The summed E-state index contributed by atoms with van der Waals surface area (Å²) < 4.78 is 2.69. The molecule has 1 amide bonds. The lowest BCUT2D eigenvalue weighted by atomic mass is 9.95. The van der Waals surface area contributed by atoms with Crippen LogP contribution in [0.2, 0.25) is 0 Å². The third-order valence-corrected chi connectivity index (χ3v) is 5.72. The van der Waals surface area contributed by atoms with Crippen LogP contribution in [0.1, 0.15) is 53.4 Å². The van der Waals surface area contributed by atoms with E-state index in [0.717, 1.165) is 24.1 Å². The number of benzene rings is 1. The Morgan fingerprint density at radius 3 is 2.78 bits per heavy atom. The summed E-state index contributed by atoms with van der Waals surface area (Å²) in [6.07, 6.45) is 5.86. The molecule has 3 N–H and O–H groups in total. The zero-order chi connectivity index (χ0) is 16.4. The lowest BCUT2D eigenvalue weighted by Crippen LogP contribution is -2.17. The molecule has 1 fully saturated rings. The van der Waals surface area contributed by atoms with Crippen molar-refractivity contribution in [3.63, 3.8) is 0 Å². The fourth-order valence-electron chi connectivity index (χ4n) is 3.15. The van der Waals surface area contributed by atoms with Crippen LogP contribution in [0.25, 0.3) is 0 Å². The molecule has 0 aliphatic heterocycles. The summed E-state index contributed by atoms with van der Waals surface area (Å²) in [6.45, 7) is 1.99. The van der Waals surface area contributed by atoms with E-state index in [1.54, 1.807) is 0 Å². The molecule has 1 aromatic heterocycles. The molecule has 1 aliphatic rings. The molecule has 1 aromatic carbocycles. The fourth-order valence-corrected chi connectivity index (χ4v) is 4.52. The Morgan fingerprint density at radius 2 is 2.09 bits per heavy atom. The highest BCUT2D eigenvalue weighted by atomic mass is 32.1. The quantitative estimate of drug-likeness (QED) is 0.774. The minimum absolute atomic E-state index is 0.182. The number of rotatable bonds is 3. The van der Waals surface area contributed by atoms with Crippen molar-refractivity contribution in [2.45, 2.75) is 45.1 Å². The number of hydrogen-bond donors (Lipinski definition) is 2. The molecule has 0 spiro atoms. The zero-order valence-corrected chi connectivity index (χ0v) is 14.8. The highest BCUT2D eigenvalue weighted by Gasteiger charge is 2.23. The molecule has 122 valence electrons. The predicted octanol–water partition coefficient (Wildman–Crippen LogP) is 4.93. The van der Waals surface area contributed by atoms with Gasteiger partial charge in [-0.25, -0.2) is 0 Å². The summed E-state index contributed by atoms with van der Waals surface area (Å²) in [4.78, 5) is 13.1. The number of nitrogen functional groups attached to an aromatic ring is 1. The van der Waals surface area contributed by atoms with Crippen LogP contribution in [0.15, 0.2) is 24.3 Å². The number of nitrogens with two attached hydrogens (primary N) is 1. The van der Waals surface area contributed by atoms with E-state index in [-0.39, 0.29) is 5.91 Å². The molecule has 2 aromatic rings. The molecule has 23 heavy (non-hydrogen) atoms. The van der Waals surface area contributed by atoms with Gasteiger partial charge in [0.1, 0.15) is 10.7 Å². The molecule has 1 aliphatic carbocycles. The third-order valence-electron chi connectivity index (χ3n) is 4.30. The van der Waals surface area contributed by atoms with Crippen LogP contribution in [0.3, 0.4) is 0 Å². The van der Waals surface area contributed by atoms with Crippen LogP contribution in [0.4, 0.5) is 11.5 Å². The smallest absolute Gasteiger partial charge is 0.269 e. The molecule has 0 bridgehead atoms. The standard InChI is InChI=1S/C17H21N3OS2/c1-11-6-5-7-12(10-11)19-16(21)14-15(18)20(17(22)23-14)13-8-3-2-4-9-13/h5-7,10,13H,2-4,8-9,18H2,1H3,(H,19,21). The first-order valence-corrected chi connectivity index (χ1v) is 9.17. The van der Waals surface area contributed by atoms with Gasteiger partial charge in [0.15, 0.2) is 3.95 Å². The Bertz CT molecular complexity index is 772. The van der Waals surface area contributed by atoms with Crippen LogP contribution < -0.4 is 11.1 Å². The van der Waals surface area contributed by atoms with Crippen molar-refractivity contribution in [1.82, 2.24) is 4.57 Å². The Kier molecular flexibility index (Phi) is 4.82. The number of amides is 1. The van der Waals surface area contributed by atoms with Gasteiger partial charge in [-0.15, -0.1) is 0 Å². The minimum Gasteiger partial charge on any atom is -0.384 e. The molecular formula is C17H21N3OS2. The van der Waals surface area contributed by atoms with Crippen molar-refractivity contribution in [2.75, 3.05) is 11.1 Å². The first kappa shape index (κ1) is 16.2. The average molecular weight is 348 g/mol. The number of carbonyl (C=O) groups excluding carboxylic acids is 1. The topological polar surface area (TPSA) is 60.0 Å². The van der Waals surface area contributed by atoms with E-state index in [0.29, 0.717) is 20.7 Å². The van der Waals surface area contributed by atoms with Crippen LogP contribution >= 0.6 is 23.6 Å². The average Bonchev–Trinajstić information content (AvgIpc) is 2.83. The van der Waals surface area contributed by atoms with E-state index in [1.165, 1.54) is 30.6 Å². The van der Waals surface area contributed by atoms with E-state index < -0.39 is 0 Å². The van der Waals surface area contributed by atoms with E-state index in [1.807, 2.05) is 35.8 Å². The van der Waals surface area contributed by atoms with Gasteiger partial charge in [0.25, 0.3) is 5.91 Å². The van der Waals surface area contributed by atoms with Gasteiger partial charge >= 0.3 is 0 Å². The van der Waals surface area contributed by atoms with Crippen LogP contribution in [0.5, 0.6) is 0 Å². The first-order chi connectivity index (χ1) is 11.1. The van der Waals surface area contributed by atoms with Crippen molar-refractivity contribution >= 4 is 41.0 Å². The highest BCUT2D eigenvalue weighted by Crippen LogP contribution is 2.34. The van der Waals surface area contributed by atoms with Crippen molar-refractivity contribution in [3.8, 4) is 0 Å². The van der Waals surface area contributed by atoms with Crippen LogP contribution in [-0.4, -0.2) is 10.5 Å². The largest absolute Gasteiger partial charge is 0.384 e. The molecule has 0 atom stereocenters. The highest BCUT2D eigenvalue weighted by molar-refractivity contribution is 7.73. The summed E-state index contributed by atoms with van der Waals surface area (Å²) in [5.74, 6) is 0.329. The Balaban J connectivity index is 1.85. The van der Waals surface area contributed by atoms with E-state index in [2.05, 4.69) is 5.32 Å². The summed E-state index contributed by atoms with van der Waals surface area (Å²) in [6, 6.07) is 8.06. The van der Waals surface area contributed by atoms with Crippen LogP contribution in [0, 0.1) is 10.9 Å². The summed E-state index contributed by atoms with van der Waals surface area (Å²) in [7, 11) is 0. The second-order valence-electron chi connectivity index (χ2n) is 6.07. The Morgan fingerprint density at radius 1 is 1.35 bits per heavy atom. The van der Waals surface area contributed by atoms with Gasteiger partial charge in [-0.05, 0) is 49.7 Å². The van der Waals surface area contributed by atoms with Crippen molar-refractivity contribution in [1.29, 1.82) is 0 Å². The Labute approximate surface area is 145 Å². The lowest BCUT2D eigenvalue weighted by Gasteiger charge is -2.24. The van der Waals surface area contributed by atoms with Gasteiger partial charge in [-0.2, -0.15) is 0 Å². The Hall–Kier alpha value is -1.66. The van der Waals surface area contributed by atoms with E-state index in [4.69, 9.17) is 18.0 Å². The number of thiazole rings is 1. The maximum atomic E-state index is 12.6. The molecule has 0 radical (unpaired) electrons. The number of aromatic nitrogens is 1. The van der Waals surface area contributed by atoms with Crippen molar-refractivity contribution in [2.24, 2.45) is 0 Å². The van der Waals surface area contributed by atoms with Gasteiger partial charge < -0.3 is 15.6 Å². The van der Waals surface area contributed by atoms with Gasteiger partial charge in [0, 0.05) is 11.7 Å². The van der Waals surface area contributed by atoms with Gasteiger partial charge in [-0.3, -0.25) is 4.79 Å². The molecule has 1 heterocycles. The molecule has 1 saturated carbocycles. The van der Waals surface area contributed by atoms with Crippen LogP contribution in [-0.2, 0) is 0 Å². The summed E-state index contributed by atoms with van der Waals surface area (Å²) >= 11 is 6.77. The molecule has 3 rings (SSSR count). The van der Waals surface area contributed by atoms with Gasteiger partial charge in [-0.1, -0.05) is 42.7 Å². The normalized spacial score (nSPS) is 15.5. The van der Waals surface area contributed by atoms with Gasteiger partial charge in [0.2, 0.25) is 0 Å². The SMILES string of the molecule is Cc1cccc(NC(=O)c2sc(=S)n(C3CCCCC3)c2N)c1. The second kappa shape index (κ2) is 6.84. The number of nitrogens with zero attached hydrogens (tertiary/aromatic N) is 1. The molecule has 0 saturated heterocycles. The minimum atomic E-state index is -0.182. The van der Waals surface area contributed by atoms with Crippen molar-refractivity contribution < 1.29 is 4.79 Å². The molecule has 0 unspecified atom stereocenters. The lowest BCUT2D eigenvalue weighted by molar-refractivity contribution is 0.103. The maximum absolute atomic E-state index is 12.6. The first-order valence-electron chi connectivity index (χ1n) is 7.95. The van der Waals surface area contributed by atoms with Gasteiger partial charge in [0.05, 0.1) is 0 Å². The fraction of sp³-hybridized carbons (Fsp3) is 0.412. The number of nitrogens with one attached hydrogen (secondary N) is 1. The molecular weight excluding hydrogens is 326 g/mol. The van der Waals surface area contributed by atoms with E-state index in [9.17, 15) is 4.79 Å². The molecule has 6 heteroatoms. The zero-order valence-electron chi connectivity index (χ0n) is 13.2. The van der Waals surface area contributed by atoms with Crippen molar-refractivity contribution in [3.05, 3.63) is 38.7 Å². The number of anilines is 2. The number of aryl methyl sites for hydroxylation is 1. The predicted molar refractivity (Wildman–Crippen MR) is 98.8 cm³/mol. The summed E-state index contributed by atoms with van der Waals surface area (Å²) in [5, 5.41) is 2.92. The monoisotopic (exact) mass is 347 g/mol. The number of carbonyl (C=O) groups is 1. The second-order valence-corrected chi connectivity index (χ2v) is 7.71. The van der Waals surface area contributed by atoms with E-state index >= 15 is 0 Å². The summed E-state index contributed by atoms with van der Waals surface area (Å²) in [5.41, 5.74) is 8.14. The molecule has 4 nitrogen and oxygen atoms in total. The number of hydrogen-bond acceptors (Lipinski definition) is 4. The maximum Gasteiger partial charge on any atom is 0.269 e.